The largest absolute Gasteiger partial charge is 0.310 e. The molecular weight excluding hydrogens is 1050 g/mol. The molecule has 2 aliphatic heterocycles. The average molecular weight is 1100 g/mol. The van der Waals surface area contributed by atoms with Crippen LogP contribution >= 0.6 is 23.5 Å². The van der Waals surface area contributed by atoms with Crippen molar-refractivity contribution < 1.29 is 0 Å². The molecule has 0 unspecified atom stereocenters. The molecule has 84 heavy (non-hydrogen) atoms. The minimum Gasteiger partial charge on any atom is -0.310 e. The van der Waals surface area contributed by atoms with Gasteiger partial charge in [0, 0.05) is 36.5 Å². The van der Waals surface area contributed by atoms with Gasteiger partial charge in [-0.05, 0) is 160 Å². The van der Waals surface area contributed by atoms with Crippen LogP contribution in [0.2, 0.25) is 0 Å². The maximum absolute atomic E-state index is 2.59. The normalized spacial score (nSPS) is 14.9. The molecule has 0 saturated carbocycles. The van der Waals surface area contributed by atoms with Crippen LogP contribution in [0.3, 0.4) is 0 Å². The average Bonchev–Trinajstić information content (AvgIpc) is 1.69. The van der Waals surface area contributed by atoms with E-state index in [2.05, 4.69) is 314 Å². The maximum Gasteiger partial charge on any atom is 0.0736 e. The summed E-state index contributed by atoms with van der Waals surface area (Å²) in [6.45, 7) is 0. The highest BCUT2D eigenvalue weighted by Gasteiger charge is 2.53. The van der Waals surface area contributed by atoms with Gasteiger partial charge in [-0.2, -0.15) is 0 Å². The predicted molar refractivity (Wildman–Crippen MR) is 347 cm³/mol. The summed E-state index contributed by atoms with van der Waals surface area (Å²) >= 11 is 3.79. The number of hydrogen-bond donors (Lipinski definition) is 0. The molecule has 0 aromatic heterocycles. The Morgan fingerprint density at radius 1 is 0.226 bits per heavy atom. The quantitative estimate of drug-likeness (QED) is 0.163. The molecule has 0 atom stereocenters. The summed E-state index contributed by atoms with van der Waals surface area (Å²) in [5, 5.41) is 0. The molecule has 18 rings (SSSR count). The summed E-state index contributed by atoms with van der Waals surface area (Å²) in [5.74, 6) is 0. The number of rotatable bonds is 6. The second kappa shape index (κ2) is 18.2. The van der Waals surface area contributed by atoms with Crippen LogP contribution in [0.25, 0.3) is 44.5 Å². The van der Waals surface area contributed by atoms with Crippen molar-refractivity contribution in [2.75, 3.05) is 4.90 Å². The summed E-state index contributed by atoms with van der Waals surface area (Å²) in [6, 6.07) is 117. The third-order valence-electron chi connectivity index (χ3n) is 19.1. The Bertz CT molecular complexity index is 4750. The third-order valence-corrected chi connectivity index (χ3v) is 21.4. The molecule has 0 amide bonds. The summed E-state index contributed by atoms with van der Waals surface area (Å²) in [5.41, 5.74) is 27.5. The Hall–Kier alpha value is -9.64. The molecule has 0 N–H and O–H groups in total. The molecule has 13 aromatic carbocycles. The van der Waals surface area contributed by atoms with Crippen LogP contribution in [0, 0.1) is 0 Å². The first kappa shape index (κ1) is 47.9. The molecule has 5 aliphatic rings. The van der Waals surface area contributed by atoms with E-state index >= 15 is 0 Å². The van der Waals surface area contributed by atoms with Gasteiger partial charge in [0.1, 0.15) is 0 Å². The predicted octanol–water partition coefficient (Wildman–Crippen LogP) is 20.8. The van der Waals surface area contributed by atoms with Crippen LogP contribution in [0.1, 0.15) is 66.8 Å². The molecule has 2 heterocycles. The lowest BCUT2D eigenvalue weighted by molar-refractivity contribution is 0.722. The minimum absolute atomic E-state index is 0.495. The SMILES string of the molecule is c1ccc(C2(c3ccccc3)c3ccccc3-c3c(-c4cccc(N(c5ccc6c(c5)-c5ccccc5C65c6ccccc6Sc6ccccc65)c5cccc6c5-c5ccccc5C65c6ccccc6Sc6ccccc65)c4)cccc32)cc1. The molecule has 13 aromatic rings. The minimum atomic E-state index is -0.543. The van der Waals surface area contributed by atoms with E-state index in [1.165, 1.54) is 125 Å². The lowest BCUT2D eigenvalue weighted by Gasteiger charge is -2.40. The number of benzene rings is 13. The molecule has 2 spiro atoms. The van der Waals surface area contributed by atoms with Gasteiger partial charge in [0.25, 0.3) is 0 Å². The Balaban J connectivity index is 0.909. The molecule has 3 aliphatic carbocycles. The molecule has 0 fully saturated rings. The van der Waals surface area contributed by atoms with Gasteiger partial charge in [-0.15, -0.1) is 0 Å². The van der Waals surface area contributed by atoms with E-state index in [1.807, 2.05) is 23.5 Å². The van der Waals surface area contributed by atoms with Crippen molar-refractivity contribution >= 4 is 40.6 Å². The van der Waals surface area contributed by atoms with Crippen molar-refractivity contribution in [3.63, 3.8) is 0 Å². The van der Waals surface area contributed by atoms with Gasteiger partial charge in [-0.25, -0.2) is 0 Å². The number of anilines is 3. The van der Waals surface area contributed by atoms with E-state index in [-0.39, 0.29) is 0 Å². The van der Waals surface area contributed by atoms with E-state index in [9.17, 15) is 0 Å². The zero-order valence-electron chi connectivity index (χ0n) is 45.7. The summed E-state index contributed by atoms with van der Waals surface area (Å²) in [6.07, 6.45) is 0. The highest BCUT2D eigenvalue weighted by atomic mass is 32.2. The standard InChI is InChI=1S/C81H51NS2/c1-3-25-53(26-4-1)79(54-27-5-2-6-28-54)63-35-11-8-31-59(63)77-57(33-22-41-70(77)79)52-24-21-29-55(50-52)82(56-48-49-65-61(51-56)58-30-7-10-34-62(58)80(65)66-37-13-17-44-73(66)83-74-45-18-14-38-67(74)80)72-43-23-42-71-78(72)60-32-9-12-36-64(60)81(71)68-39-15-19-46-75(68)84-76-47-20-16-40-69(76)81/h1-51H. The van der Waals surface area contributed by atoms with E-state index in [1.54, 1.807) is 0 Å². The molecule has 1 nitrogen and oxygen atoms in total. The molecular formula is C81H51NS2. The topological polar surface area (TPSA) is 3.24 Å². The van der Waals surface area contributed by atoms with E-state index in [0.29, 0.717) is 0 Å². The second-order valence-corrected chi connectivity index (χ2v) is 25.0. The number of hydrogen-bond acceptors (Lipinski definition) is 3. The fourth-order valence-electron chi connectivity index (χ4n) is 16.0. The van der Waals surface area contributed by atoms with Crippen LogP contribution in [0.15, 0.2) is 329 Å². The first-order valence-electron chi connectivity index (χ1n) is 29.1. The van der Waals surface area contributed by atoms with E-state index in [0.717, 1.165) is 22.6 Å². The summed E-state index contributed by atoms with van der Waals surface area (Å²) < 4.78 is 0. The Kier molecular flexibility index (Phi) is 10.4. The Morgan fingerprint density at radius 2 is 0.607 bits per heavy atom. The van der Waals surface area contributed by atoms with Crippen molar-refractivity contribution in [2.45, 2.75) is 35.8 Å². The first-order valence-corrected chi connectivity index (χ1v) is 30.8. The van der Waals surface area contributed by atoms with Gasteiger partial charge in [0.2, 0.25) is 0 Å². The zero-order valence-corrected chi connectivity index (χ0v) is 47.3. The fraction of sp³-hybridized carbons (Fsp3) is 0.0370. The van der Waals surface area contributed by atoms with Crippen molar-refractivity contribution in [1.82, 2.24) is 0 Å². The van der Waals surface area contributed by atoms with Gasteiger partial charge in [-0.1, -0.05) is 278 Å². The van der Waals surface area contributed by atoms with Crippen molar-refractivity contribution in [3.05, 3.63) is 376 Å². The third kappa shape index (κ3) is 6.27. The zero-order chi connectivity index (χ0) is 55.1. The van der Waals surface area contributed by atoms with Crippen LogP contribution in [0.4, 0.5) is 17.1 Å². The van der Waals surface area contributed by atoms with Crippen molar-refractivity contribution in [2.24, 2.45) is 0 Å². The highest BCUT2D eigenvalue weighted by Crippen LogP contribution is 2.67. The molecule has 3 heteroatoms. The van der Waals surface area contributed by atoms with E-state index in [4.69, 9.17) is 0 Å². The van der Waals surface area contributed by atoms with Gasteiger partial charge in [0.15, 0.2) is 0 Å². The van der Waals surface area contributed by atoms with Crippen LogP contribution < -0.4 is 4.90 Å². The van der Waals surface area contributed by atoms with Crippen molar-refractivity contribution in [1.29, 1.82) is 0 Å². The lowest BCUT2D eigenvalue weighted by Crippen LogP contribution is -2.32. The van der Waals surface area contributed by atoms with Gasteiger partial charge >= 0.3 is 0 Å². The molecule has 0 radical (unpaired) electrons. The molecule has 0 bridgehead atoms. The van der Waals surface area contributed by atoms with E-state index < -0.39 is 16.2 Å². The summed E-state index contributed by atoms with van der Waals surface area (Å²) in [4.78, 5) is 7.79. The maximum atomic E-state index is 2.59. The van der Waals surface area contributed by atoms with Gasteiger partial charge in [0.05, 0.1) is 21.9 Å². The Labute approximate surface area is 498 Å². The number of nitrogens with zero attached hydrogens (tertiary/aromatic N) is 1. The smallest absolute Gasteiger partial charge is 0.0736 e. The highest BCUT2D eigenvalue weighted by molar-refractivity contribution is 7.99. The first-order chi connectivity index (χ1) is 41.7. The Morgan fingerprint density at radius 3 is 1.18 bits per heavy atom. The molecule has 0 saturated heterocycles. The molecule has 392 valence electrons. The van der Waals surface area contributed by atoms with Gasteiger partial charge < -0.3 is 4.90 Å². The number of fused-ring (bicyclic) bond motifs is 21. The van der Waals surface area contributed by atoms with Crippen molar-refractivity contribution in [3.8, 4) is 44.5 Å². The summed E-state index contributed by atoms with van der Waals surface area (Å²) in [7, 11) is 0. The van der Waals surface area contributed by atoms with Gasteiger partial charge in [-0.3, -0.25) is 0 Å². The fourth-order valence-corrected chi connectivity index (χ4v) is 18.4. The van der Waals surface area contributed by atoms with Crippen LogP contribution in [-0.4, -0.2) is 0 Å². The monoisotopic (exact) mass is 1100 g/mol. The van der Waals surface area contributed by atoms with Crippen LogP contribution in [0.5, 0.6) is 0 Å². The van der Waals surface area contributed by atoms with Crippen LogP contribution in [-0.2, 0) is 16.2 Å². The lowest BCUT2D eigenvalue weighted by atomic mass is 9.67. The second-order valence-electron chi connectivity index (χ2n) is 22.9.